The molecule has 7 aromatic carbocycles. The molecule has 0 spiro atoms. The van der Waals surface area contributed by atoms with Crippen molar-refractivity contribution in [3.8, 4) is 16.8 Å². The van der Waals surface area contributed by atoms with Gasteiger partial charge in [0.2, 0.25) is 0 Å². The van der Waals surface area contributed by atoms with Crippen molar-refractivity contribution in [2.45, 2.75) is 10.3 Å². The summed E-state index contributed by atoms with van der Waals surface area (Å²) in [6.45, 7) is 0. The van der Waals surface area contributed by atoms with Crippen LogP contribution in [0.2, 0.25) is 0 Å². The molecule has 0 saturated heterocycles. The second-order valence-electron chi connectivity index (χ2n) is 11.8. The van der Waals surface area contributed by atoms with Gasteiger partial charge < -0.3 is 9.88 Å². The van der Waals surface area contributed by atoms with Gasteiger partial charge in [0.05, 0.1) is 16.7 Å². The Morgan fingerprint density at radius 1 is 0.533 bits per heavy atom. The van der Waals surface area contributed by atoms with Gasteiger partial charge in [-0.15, -0.1) is 11.3 Å². The molecule has 0 amide bonds. The van der Waals surface area contributed by atoms with E-state index in [-0.39, 0.29) is 5.37 Å². The van der Waals surface area contributed by atoms with Crippen molar-refractivity contribution < 1.29 is 0 Å². The lowest BCUT2D eigenvalue weighted by Gasteiger charge is -2.13. The van der Waals surface area contributed by atoms with Gasteiger partial charge in [-0.1, -0.05) is 109 Å². The highest BCUT2D eigenvalue weighted by atomic mass is 32.2. The topological polar surface area (TPSA) is 17.0 Å². The second-order valence-corrected chi connectivity index (χ2v) is 14.0. The highest BCUT2D eigenvalue weighted by Crippen LogP contribution is 2.52. The molecule has 0 aliphatic carbocycles. The van der Waals surface area contributed by atoms with E-state index in [1.807, 2.05) is 23.1 Å². The predicted molar refractivity (Wildman–Crippen MR) is 195 cm³/mol. The summed E-state index contributed by atoms with van der Waals surface area (Å²) in [6, 6.07) is 53.4. The number of thiophene rings is 1. The number of anilines is 1. The van der Waals surface area contributed by atoms with Crippen molar-refractivity contribution >= 4 is 81.5 Å². The van der Waals surface area contributed by atoms with E-state index in [1.54, 1.807) is 0 Å². The number of fused-ring (bicyclic) bond motifs is 9. The second kappa shape index (κ2) is 9.73. The number of benzene rings is 7. The van der Waals surface area contributed by atoms with E-state index >= 15 is 0 Å². The highest BCUT2D eigenvalue weighted by Gasteiger charge is 2.26. The zero-order valence-corrected chi connectivity index (χ0v) is 25.8. The Morgan fingerprint density at radius 2 is 1.22 bits per heavy atom. The third kappa shape index (κ3) is 3.89. The number of thioether (sulfide) groups is 1. The minimum atomic E-state index is 0.201. The minimum absolute atomic E-state index is 0.201. The number of rotatable bonds is 3. The average Bonchev–Trinajstić information content (AvgIpc) is 3.79. The Bertz CT molecular complexity index is 2590. The molecule has 0 fully saturated rings. The van der Waals surface area contributed by atoms with Crippen LogP contribution < -0.4 is 5.32 Å². The van der Waals surface area contributed by atoms with Gasteiger partial charge in [-0.3, -0.25) is 0 Å². The maximum Gasteiger partial charge on any atom is 0.103 e. The highest BCUT2D eigenvalue weighted by molar-refractivity contribution is 8.00. The Morgan fingerprint density at radius 3 is 2.04 bits per heavy atom. The fraction of sp³-hybridized carbons (Fsp3) is 0.0244. The van der Waals surface area contributed by atoms with Crippen LogP contribution in [0.3, 0.4) is 0 Å². The molecule has 45 heavy (non-hydrogen) atoms. The summed E-state index contributed by atoms with van der Waals surface area (Å²) < 4.78 is 5.09. The number of nitrogens with one attached hydrogen (secondary N) is 1. The van der Waals surface area contributed by atoms with E-state index in [0.717, 1.165) is 0 Å². The smallest absolute Gasteiger partial charge is 0.103 e. The summed E-state index contributed by atoms with van der Waals surface area (Å²) in [7, 11) is 0. The molecule has 10 rings (SSSR count). The van der Waals surface area contributed by atoms with Crippen molar-refractivity contribution in [2.24, 2.45) is 0 Å². The maximum absolute atomic E-state index is 3.86. The Hall–Kier alpha value is -5.03. The average molecular weight is 611 g/mol. The fourth-order valence-corrected chi connectivity index (χ4v) is 9.33. The van der Waals surface area contributed by atoms with E-state index in [9.17, 15) is 0 Å². The monoisotopic (exact) mass is 610 g/mol. The Labute approximate surface area is 268 Å². The van der Waals surface area contributed by atoms with Gasteiger partial charge in [-0.2, -0.15) is 0 Å². The van der Waals surface area contributed by atoms with Crippen LogP contribution in [0, 0.1) is 0 Å². The lowest BCUT2D eigenvalue weighted by molar-refractivity contribution is 1.14. The summed E-state index contributed by atoms with van der Waals surface area (Å²) in [5, 5.41) is 11.9. The zero-order chi connectivity index (χ0) is 29.5. The quantitative estimate of drug-likeness (QED) is 0.214. The van der Waals surface area contributed by atoms with Crippen LogP contribution in [0.15, 0.2) is 150 Å². The summed E-state index contributed by atoms with van der Waals surface area (Å²) >= 11 is 3.79. The summed E-state index contributed by atoms with van der Waals surface area (Å²) in [4.78, 5) is 1.33. The maximum atomic E-state index is 3.86. The van der Waals surface area contributed by atoms with E-state index in [0.29, 0.717) is 0 Å². The van der Waals surface area contributed by atoms with Gasteiger partial charge in [0.25, 0.3) is 0 Å². The lowest BCUT2D eigenvalue weighted by atomic mass is 10.0. The van der Waals surface area contributed by atoms with E-state index < -0.39 is 0 Å². The van der Waals surface area contributed by atoms with Gasteiger partial charge in [0, 0.05) is 41.5 Å². The number of hydrogen-bond donors (Lipinski definition) is 1. The molecule has 0 saturated carbocycles. The molecule has 1 N–H and O–H groups in total. The Balaban J connectivity index is 0.975. The van der Waals surface area contributed by atoms with Crippen molar-refractivity contribution in [3.63, 3.8) is 0 Å². The minimum Gasteiger partial charge on any atom is -0.368 e. The van der Waals surface area contributed by atoms with Gasteiger partial charge in [-0.05, 0) is 76.0 Å². The van der Waals surface area contributed by atoms with Crippen LogP contribution in [0.5, 0.6) is 0 Å². The SMILES string of the molecule is c1ccc2cc3c(cc2c1)c1ccccc1n3-c1ccc(-c2ccc(C3Nc4c(ccc5sc6ccccc6c45)S3)cc2)cc1. The van der Waals surface area contributed by atoms with Crippen molar-refractivity contribution in [3.05, 3.63) is 151 Å². The lowest BCUT2D eigenvalue weighted by Crippen LogP contribution is -2.01. The number of para-hydroxylation sites is 1. The number of hydrogen-bond acceptors (Lipinski definition) is 3. The first-order chi connectivity index (χ1) is 22.3. The van der Waals surface area contributed by atoms with E-state index in [2.05, 4.69) is 155 Å². The molecule has 212 valence electrons. The molecule has 3 heterocycles. The molecule has 1 unspecified atom stereocenters. The molecular weight excluding hydrogens is 585 g/mol. The third-order valence-electron chi connectivity index (χ3n) is 9.24. The van der Waals surface area contributed by atoms with Gasteiger partial charge in [0.15, 0.2) is 0 Å². The molecule has 4 heteroatoms. The Kier molecular flexibility index (Phi) is 5.48. The van der Waals surface area contributed by atoms with E-state index in [4.69, 9.17) is 0 Å². The van der Waals surface area contributed by atoms with Gasteiger partial charge in [-0.25, -0.2) is 0 Å². The van der Waals surface area contributed by atoms with Crippen LogP contribution in [0.4, 0.5) is 5.69 Å². The molecule has 0 bridgehead atoms. The van der Waals surface area contributed by atoms with Crippen molar-refractivity contribution in [1.29, 1.82) is 0 Å². The number of aromatic nitrogens is 1. The normalized spacial score (nSPS) is 14.5. The van der Waals surface area contributed by atoms with Gasteiger partial charge in [0.1, 0.15) is 5.37 Å². The molecular formula is C41H26N2S2. The summed E-state index contributed by atoms with van der Waals surface area (Å²) in [6.07, 6.45) is 0. The summed E-state index contributed by atoms with van der Waals surface area (Å²) in [5.74, 6) is 0. The largest absolute Gasteiger partial charge is 0.368 e. The predicted octanol–water partition coefficient (Wildman–Crippen LogP) is 12.2. The molecule has 2 nitrogen and oxygen atoms in total. The molecule has 0 radical (unpaired) electrons. The first-order valence-corrected chi connectivity index (χ1v) is 17.0. The zero-order valence-electron chi connectivity index (χ0n) is 24.2. The summed E-state index contributed by atoms with van der Waals surface area (Å²) in [5.41, 5.74) is 8.66. The van der Waals surface area contributed by atoms with Crippen LogP contribution in [0.25, 0.3) is 69.6 Å². The van der Waals surface area contributed by atoms with Crippen molar-refractivity contribution in [1.82, 2.24) is 4.57 Å². The van der Waals surface area contributed by atoms with Crippen LogP contribution in [-0.2, 0) is 0 Å². The molecule has 1 atom stereocenters. The van der Waals surface area contributed by atoms with E-state index in [1.165, 1.54) is 85.7 Å². The third-order valence-corrected chi connectivity index (χ3v) is 11.6. The van der Waals surface area contributed by atoms with Crippen molar-refractivity contribution in [2.75, 3.05) is 5.32 Å². The van der Waals surface area contributed by atoms with Crippen LogP contribution in [-0.4, -0.2) is 4.57 Å². The standard InChI is InChI=1S/C41H26N2S2/c1-2-8-29-24-35-33(23-28(29)7-1)31-9-3-5-11-34(31)43(35)30-19-17-26(18-20-30)25-13-15-27(16-14-25)41-42-40-38(45-41)22-21-37-39(40)32-10-4-6-12-36(32)44-37/h1-24,41-42H. The van der Waals surface area contributed by atoms with Crippen LogP contribution >= 0.6 is 23.1 Å². The first-order valence-electron chi connectivity index (χ1n) is 15.3. The fourth-order valence-electron chi connectivity index (χ4n) is 7.06. The number of nitrogens with zero attached hydrogens (tertiary/aromatic N) is 1. The van der Waals surface area contributed by atoms with Crippen LogP contribution in [0.1, 0.15) is 10.9 Å². The van der Waals surface area contributed by atoms with Gasteiger partial charge >= 0.3 is 0 Å². The molecule has 2 aromatic heterocycles. The first kappa shape index (κ1) is 25.3. The molecule has 1 aliphatic heterocycles. The molecule has 9 aromatic rings. The molecule has 1 aliphatic rings.